The smallest absolute Gasteiger partial charge is 0.250 e. The molecule has 1 rings (SSSR count). The van der Waals surface area contributed by atoms with Gasteiger partial charge in [-0.3, -0.25) is 0 Å². The zero-order valence-electron chi connectivity index (χ0n) is 8.09. The van der Waals surface area contributed by atoms with Gasteiger partial charge < -0.3 is 10.1 Å². The molecule has 0 aromatic carbocycles. The van der Waals surface area contributed by atoms with Crippen molar-refractivity contribution >= 4 is 0 Å². The van der Waals surface area contributed by atoms with Crippen LogP contribution in [0.5, 0.6) is 0 Å². The SMILES string of the molecule is CC1CC(NCC(F)F)CC(C)O1. The first-order chi connectivity index (χ1) is 6.08. The monoisotopic (exact) mass is 193 g/mol. The molecular weight excluding hydrogens is 176 g/mol. The highest BCUT2D eigenvalue weighted by Gasteiger charge is 2.24. The Hall–Kier alpha value is -0.220. The fourth-order valence-corrected chi connectivity index (χ4v) is 1.83. The van der Waals surface area contributed by atoms with Crippen molar-refractivity contribution in [3.63, 3.8) is 0 Å². The van der Waals surface area contributed by atoms with E-state index in [0.717, 1.165) is 12.8 Å². The van der Waals surface area contributed by atoms with E-state index in [4.69, 9.17) is 4.74 Å². The molecule has 0 bridgehead atoms. The van der Waals surface area contributed by atoms with Gasteiger partial charge in [0.2, 0.25) is 0 Å². The van der Waals surface area contributed by atoms with Gasteiger partial charge in [-0.2, -0.15) is 0 Å². The van der Waals surface area contributed by atoms with E-state index in [9.17, 15) is 8.78 Å². The highest BCUT2D eigenvalue weighted by atomic mass is 19.3. The first kappa shape index (κ1) is 10.9. The molecule has 0 aromatic heterocycles. The fourth-order valence-electron chi connectivity index (χ4n) is 1.83. The van der Waals surface area contributed by atoms with Gasteiger partial charge in [0.05, 0.1) is 18.8 Å². The van der Waals surface area contributed by atoms with Crippen molar-refractivity contribution in [3.05, 3.63) is 0 Å². The third-order valence-electron chi connectivity index (χ3n) is 2.26. The second-order valence-corrected chi connectivity index (χ2v) is 3.72. The maximum absolute atomic E-state index is 11.9. The van der Waals surface area contributed by atoms with Crippen molar-refractivity contribution in [2.45, 2.75) is 51.4 Å². The summed E-state index contributed by atoms with van der Waals surface area (Å²) in [6.07, 6.45) is -0.236. The summed E-state index contributed by atoms with van der Waals surface area (Å²) in [5.41, 5.74) is 0. The van der Waals surface area contributed by atoms with Crippen molar-refractivity contribution < 1.29 is 13.5 Å². The molecule has 1 saturated heterocycles. The molecule has 2 atom stereocenters. The predicted octanol–water partition coefficient (Wildman–Crippen LogP) is 1.80. The van der Waals surface area contributed by atoms with Crippen molar-refractivity contribution in [2.24, 2.45) is 0 Å². The number of hydrogen-bond acceptors (Lipinski definition) is 2. The van der Waals surface area contributed by atoms with Crippen LogP contribution in [-0.2, 0) is 4.74 Å². The second kappa shape index (κ2) is 4.86. The maximum Gasteiger partial charge on any atom is 0.250 e. The van der Waals surface area contributed by atoms with Crippen LogP contribution in [0, 0.1) is 0 Å². The van der Waals surface area contributed by atoms with Gasteiger partial charge in [0, 0.05) is 6.04 Å². The molecule has 78 valence electrons. The van der Waals surface area contributed by atoms with Gasteiger partial charge in [0.25, 0.3) is 6.43 Å². The molecule has 1 fully saturated rings. The van der Waals surface area contributed by atoms with Crippen LogP contribution in [0.2, 0.25) is 0 Å². The third kappa shape index (κ3) is 4.00. The van der Waals surface area contributed by atoms with Crippen LogP contribution in [0.1, 0.15) is 26.7 Å². The minimum absolute atomic E-state index is 0.180. The normalized spacial score (nSPS) is 35.3. The summed E-state index contributed by atoms with van der Waals surface area (Å²) < 4.78 is 29.3. The highest BCUT2D eigenvalue weighted by Crippen LogP contribution is 2.18. The maximum atomic E-state index is 11.9. The predicted molar refractivity (Wildman–Crippen MR) is 47.0 cm³/mol. The molecule has 1 N–H and O–H groups in total. The summed E-state index contributed by atoms with van der Waals surface area (Å²) in [6.45, 7) is 3.75. The molecule has 0 spiro atoms. The summed E-state index contributed by atoms with van der Waals surface area (Å²) in [4.78, 5) is 0. The summed E-state index contributed by atoms with van der Waals surface area (Å²) >= 11 is 0. The van der Waals surface area contributed by atoms with Crippen LogP contribution in [0.3, 0.4) is 0 Å². The zero-order chi connectivity index (χ0) is 9.84. The number of halogens is 2. The lowest BCUT2D eigenvalue weighted by molar-refractivity contribution is -0.0438. The molecule has 1 aliphatic rings. The summed E-state index contributed by atoms with van der Waals surface area (Å²) in [6, 6.07) is 0.188. The zero-order valence-corrected chi connectivity index (χ0v) is 8.09. The highest BCUT2D eigenvalue weighted by molar-refractivity contribution is 4.78. The largest absolute Gasteiger partial charge is 0.375 e. The molecule has 2 unspecified atom stereocenters. The van der Waals surface area contributed by atoms with Gasteiger partial charge in [-0.1, -0.05) is 0 Å². The minimum atomic E-state index is -2.26. The molecule has 0 amide bonds. The Kier molecular flexibility index (Phi) is 4.06. The van der Waals surface area contributed by atoms with E-state index < -0.39 is 6.43 Å². The fraction of sp³-hybridized carbons (Fsp3) is 1.00. The number of rotatable bonds is 3. The van der Waals surface area contributed by atoms with Crippen molar-refractivity contribution in [3.8, 4) is 0 Å². The van der Waals surface area contributed by atoms with Crippen LogP contribution in [0.15, 0.2) is 0 Å². The van der Waals surface area contributed by atoms with E-state index in [1.165, 1.54) is 0 Å². The number of hydrogen-bond donors (Lipinski definition) is 1. The van der Waals surface area contributed by atoms with Gasteiger partial charge >= 0.3 is 0 Å². The molecule has 0 radical (unpaired) electrons. The summed E-state index contributed by atoms with van der Waals surface area (Å²) in [5, 5.41) is 2.85. The molecule has 0 aliphatic carbocycles. The Bertz CT molecular complexity index is 145. The Morgan fingerprint density at radius 3 is 2.31 bits per heavy atom. The molecule has 1 aliphatic heterocycles. The number of nitrogens with one attached hydrogen (secondary N) is 1. The molecule has 13 heavy (non-hydrogen) atoms. The standard InChI is InChI=1S/C9H17F2NO/c1-6-3-8(4-7(2)13-6)12-5-9(10)11/h6-9,12H,3-5H2,1-2H3. The van der Waals surface area contributed by atoms with Gasteiger partial charge in [-0.25, -0.2) is 8.78 Å². The van der Waals surface area contributed by atoms with E-state index >= 15 is 0 Å². The molecule has 2 nitrogen and oxygen atoms in total. The lowest BCUT2D eigenvalue weighted by Gasteiger charge is -2.32. The summed E-state index contributed by atoms with van der Waals surface area (Å²) in [5.74, 6) is 0. The van der Waals surface area contributed by atoms with E-state index in [2.05, 4.69) is 5.32 Å². The average molecular weight is 193 g/mol. The molecule has 0 aromatic rings. The van der Waals surface area contributed by atoms with Gasteiger partial charge in [-0.05, 0) is 26.7 Å². The molecule has 1 heterocycles. The van der Waals surface area contributed by atoms with Gasteiger partial charge in [-0.15, -0.1) is 0 Å². The Morgan fingerprint density at radius 2 is 1.85 bits per heavy atom. The average Bonchev–Trinajstić information content (AvgIpc) is 1.99. The quantitative estimate of drug-likeness (QED) is 0.738. The van der Waals surface area contributed by atoms with Crippen LogP contribution < -0.4 is 5.32 Å². The van der Waals surface area contributed by atoms with Crippen LogP contribution in [0.25, 0.3) is 0 Å². The van der Waals surface area contributed by atoms with Crippen molar-refractivity contribution in [2.75, 3.05) is 6.54 Å². The van der Waals surface area contributed by atoms with E-state index in [1.54, 1.807) is 0 Å². The van der Waals surface area contributed by atoms with Crippen LogP contribution in [-0.4, -0.2) is 31.2 Å². The van der Waals surface area contributed by atoms with Crippen molar-refractivity contribution in [1.29, 1.82) is 0 Å². The second-order valence-electron chi connectivity index (χ2n) is 3.72. The van der Waals surface area contributed by atoms with E-state index in [1.807, 2.05) is 13.8 Å². The molecular formula is C9H17F2NO. The molecule has 4 heteroatoms. The first-order valence-electron chi connectivity index (χ1n) is 4.75. The Labute approximate surface area is 77.6 Å². The van der Waals surface area contributed by atoms with Crippen LogP contribution in [0.4, 0.5) is 8.78 Å². The van der Waals surface area contributed by atoms with Gasteiger partial charge in [0.15, 0.2) is 0 Å². The number of ether oxygens (including phenoxy) is 1. The van der Waals surface area contributed by atoms with Gasteiger partial charge in [0.1, 0.15) is 0 Å². The molecule has 0 saturated carbocycles. The lowest BCUT2D eigenvalue weighted by Crippen LogP contribution is -2.42. The third-order valence-corrected chi connectivity index (χ3v) is 2.26. The number of alkyl halides is 2. The minimum Gasteiger partial charge on any atom is -0.375 e. The first-order valence-corrected chi connectivity index (χ1v) is 4.75. The lowest BCUT2D eigenvalue weighted by atomic mass is 10.00. The van der Waals surface area contributed by atoms with Crippen LogP contribution >= 0.6 is 0 Å². The Balaban J connectivity index is 2.25. The topological polar surface area (TPSA) is 21.3 Å². The summed E-state index contributed by atoms with van der Waals surface area (Å²) in [7, 11) is 0. The Morgan fingerprint density at radius 1 is 1.31 bits per heavy atom. The van der Waals surface area contributed by atoms with Crippen molar-refractivity contribution in [1.82, 2.24) is 5.32 Å². The van der Waals surface area contributed by atoms with E-state index in [-0.39, 0.29) is 24.8 Å². The van der Waals surface area contributed by atoms with E-state index in [0.29, 0.717) is 0 Å².